The molecule has 0 saturated carbocycles. The number of carbonyl (C=O) groups is 1. The van der Waals surface area contributed by atoms with Crippen molar-refractivity contribution >= 4 is 29.1 Å². The first-order valence-corrected chi connectivity index (χ1v) is 7.20. The van der Waals surface area contributed by atoms with E-state index in [2.05, 4.69) is 15.3 Å². The van der Waals surface area contributed by atoms with E-state index in [0.717, 1.165) is 0 Å². The summed E-state index contributed by atoms with van der Waals surface area (Å²) >= 11 is 5.69. The average Bonchev–Trinajstić information content (AvgIpc) is 2.34. The van der Waals surface area contributed by atoms with Crippen LogP contribution < -0.4 is 5.32 Å². The number of hydrogen-bond acceptors (Lipinski definition) is 8. The van der Waals surface area contributed by atoms with E-state index in [0.29, 0.717) is 0 Å². The van der Waals surface area contributed by atoms with Gasteiger partial charge in [0.1, 0.15) is 17.9 Å². The summed E-state index contributed by atoms with van der Waals surface area (Å²) in [6.45, 7) is 6.88. The standard InChI is InChI=1S/C13H19ClN4O5/c1-8-10(18(20)21)11(17-12(14)16-8)15-5-6-22-7-9(19)23-13(2,3)4/h5-7H2,1-4H3,(H,15,16,17). The van der Waals surface area contributed by atoms with Crippen molar-refractivity contribution in [2.75, 3.05) is 25.1 Å². The van der Waals surface area contributed by atoms with Crippen LogP contribution in [0.25, 0.3) is 0 Å². The van der Waals surface area contributed by atoms with E-state index in [4.69, 9.17) is 21.1 Å². The lowest BCUT2D eigenvalue weighted by Gasteiger charge is -2.19. The molecule has 0 atom stereocenters. The molecule has 1 aromatic heterocycles. The second-order valence-electron chi connectivity index (χ2n) is 5.60. The molecule has 0 aliphatic rings. The molecule has 0 aliphatic carbocycles. The summed E-state index contributed by atoms with van der Waals surface area (Å²) in [6.07, 6.45) is 0. The molecule has 1 N–H and O–H groups in total. The Balaban J connectivity index is 2.48. The topological polar surface area (TPSA) is 116 Å². The van der Waals surface area contributed by atoms with Gasteiger partial charge in [-0.3, -0.25) is 10.1 Å². The summed E-state index contributed by atoms with van der Waals surface area (Å²) in [6, 6.07) is 0. The van der Waals surface area contributed by atoms with Crippen LogP contribution in [-0.2, 0) is 14.3 Å². The average molecular weight is 347 g/mol. The minimum atomic E-state index is -0.588. The maximum atomic E-state index is 11.4. The van der Waals surface area contributed by atoms with Gasteiger partial charge in [0, 0.05) is 6.54 Å². The van der Waals surface area contributed by atoms with E-state index in [9.17, 15) is 14.9 Å². The Labute approximate surface area is 138 Å². The minimum Gasteiger partial charge on any atom is -0.458 e. The first-order chi connectivity index (χ1) is 10.6. The number of carbonyl (C=O) groups excluding carboxylic acids is 1. The highest BCUT2D eigenvalue weighted by molar-refractivity contribution is 6.28. The molecule has 10 heteroatoms. The van der Waals surface area contributed by atoms with Gasteiger partial charge in [-0.2, -0.15) is 4.98 Å². The number of anilines is 1. The molecule has 0 fully saturated rings. The van der Waals surface area contributed by atoms with Crippen molar-refractivity contribution in [3.05, 3.63) is 21.1 Å². The third-order valence-corrected chi connectivity index (χ3v) is 2.56. The van der Waals surface area contributed by atoms with E-state index >= 15 is 0 Å². The largest absolute Gasteiger partial charge is 0.458 e. The van der Waals surface area contributed by atoms with Gasteiger partial charge in [-0.1, -0.05) is 0 Å². The van der Waals surface area contributed by atoms with Crippen LogP contribution in [0.5, 0.6) is 0 Å². The lowest BCUT2D eigenvalue weighted by atomic mass is 10.2. The SMILES string of the molecule is Cc1nc(Cl)nc(NCCOCC(=O)OC(C)(C)C)c1[N+](=O)[O-]. The smallest absolute Gasteiger partial charge is 0.332 e. The molecule has 0 spiro atoms. The van der Waals surface area contributed by atoms with Crippen LogP contribution in [0.2, 0.25) is 5.28 Å². The second kappa shape index (κ2) is 8.02. The molecule has 1 rings (SSSR count). The lowest BCUT2D eigenvalue weighted by Crippen LogP contribution is -2.27. The van der Waals surface area contributed by atoms with Gasteiger partial charge in [-0.15, -0.1) is 0 Å². The van der Waals surface area contributed by atoms with Gasteiger partial charge in [0.05, 0.1) is 11.5 Å². The van der Waals surface area contributed by atoms with Crippen LogP contribution in [0.1, 0.15) is 26.5 Å². The van der Waals surface area contributed by atoms with Crippen LogP contribution in [0.15, 0.2) is 0 Å². The molecule has 23 heavy (non-hydrogen) atoms. The van der Waals surface area contributed by atoms with E-state index in [1.54, 1.807) is 20.8 Å². The number of rotatable bonds is 7. The van der Waals surface area contributed by atoms with E-state index in [1.807, 2.05) is 0 Å². The molecule has 0 saturated heterocycles. The van der Waals surface area contributed by atoms with Crippen molar-refractivity contribution < 1.29 is 19.2 Å². The van der Waals surface area contributed by atoms with Crippen molar-refractivity contribution in [3.8, 4) is 0 Å². The summed E-state index contributed by atoms with van der Waals surface area (Å²) < 4.78 is 10.2. The van der Waals surface area contributed by atoms with Gasteiger partial charge in [-0.25, -0.2) is 9.78 Å². The highest BCUT2D eigenvalue weighted by Gasteiger charge is 2.21. The fourth-order valence-electron chi connectivity index (χ4n) is 1.64. The second-order valence-corrected chi connectivity index (χ2v) is 5.94. The van der Waals surface area contributed by atoms with Crippen molar-refractivity contribution in [3.63, 3.8) is 0 Å². The number of esters is 1. The predicted octanol–water partition coefficient (Wildman–Crippen LogP) is 2.12. The zero-order chi connectivity index (χ0) is 17.6. The Morgan fingerprint density at radius 1 is 1.39 bits per heavy atom. The number of hydrogen-bond donors (Lipinski definition) is 1. The van der Waals surface area contributed by atoms with Gasteiger partial charge in [0.2, 0.25) is 11.1 Å². The summed E-state index contributed by atoms with van der Waals surface area (Å²) in [5.74, 6) is -0.474. The molecular weight excluding hydrogens is 328 g/mol. The molecule has 1 aromatic rings. The van der Waals surface area contributed by atoms with Crippen molar-refractivity contribution in [2.45, 2.75) is 33.3 Å². The van der Waals surface area contributed by atoms with E-state index in [-0.39, 0.29) is 42.2 Å². The van der Waals surface area contributed by atoms with E-state index < -0.39 is 16.5 Å². The molecule has 0 radical (unpaired) electrons. The molecule has 0 amide bonds. The summed E-state index contributed by atoms with van der Waals surface area (Å²) in [7, 11) is 0. The molecule has 0 unspecified atom stereocenters. The highest BCUT2D eigenvalue weighted by Crippen LogP contribution is 2.26. The van der Waals surface area contributed by atoms with Gasteiger partial charge >= 0.3 is 11.7 Å². The lowest BCUT2D eigenvalue weighted by molar-refractivity contribution is -0.385. The summed E-state index contributed by atoms with van der Waals surface area (Å²) in [4.78, 5) is 29.4. The maximum Gasteiger partial charge on any atom is 0.332 e. The molecule has 1 heterocycles. The number of nitrogens with one attached hydrogen (secondary N) is 1. The van der Waals surface area contributed by atoms with Crippen molar-refractivity contribution in [1.82, 2.24) is 9.97 Å². The van der Waals surface area contributed by atoms with Crippen LogP contribution in [0, 0.1) is 17.0 Å². The predicted molar refractivity (Wildman–Crippen MR) is 83.6 cm³/mol. The van der Waals surface area contributed by atoms with Crippen molar-refractivity contribution in [2.24, 2.45) is 0 Å². The highest BCUT2D eigenvalue weighted by atomic mass is 35.5. The minimum absolute atomic E-state index is 0.00775. The van der Waals surface area contributed by atoms with Gasteiger partial charge in [0.15, 0.2) is 0 Å². The molecule has 0 aliphatic heterocycles. The quantitative estimate of drug-likeness (QED) is 0.262. The fourth-order valence-corrected chi connectivity index (χ4v) is 1.85. The number of aryl methyl sites for hydroxylation is 1. The van der Waals surface area contributed by atoms with Crippen LogP contribution in [0.3, 0.4) is 0 Å². The molecule has 128 valence electrons. The third kappa shape index (κ3) is 6.74. The van der Waals surface area contributed by atoms with Crippen LogP contribution in [0.4, 0.5) is 11.5 Å². The number of nitrogens with zero attached hydrogens (tertiary/aromatic N) is 3. The Kier molecular flexibility index (Phi) is 6.64. The number of aromatic nitrogens is 2. The summed E-state index contributed by atoms with van der Waals surface area (Å²) in [5, 5.41) is 13.7. The van der Waals surface area contributed by atoms with Gasteiger partial charge in [0.25, 0.3) is 0 Å². The molecule has 0 aromatic carbocycles. The Bertz CT molecular complexity index is 588. The molecular formula is C13H19ClN4O5. The normalized spacial score (nSPS) is 11.2. The zero-order valence-electron chi connectivity index (χ0n) is 13.4. The number of nitro groups is 1. The Morgan fingerprint density at radius 3 is 2.61 bits per heavy atom. The number of ether oxygens (including phenoxy) is 2. The fraction of sp³-hybridized carbons (Fsp3) is 0.615. The Morgan fingerprint density at radius 2 is 2.04 bits per heavy atom. The first kappa shape index (κ1) is 19.0. The van der Waals surface area contributed by atoms with E-state index in [1.165, 1.54) is 6.92 Å². The maximum absolute atomic E-state index is 11.4. The number of halogens is 1. The zero-order valence-corrected chi connectivity index (χ0v) is 14.1. The molecule has 9 nitrogen and oxygen atoms in total. The third-order valence-electron chi connectivity index (χ3n) is 2.39. The van der Waals surface area contributed by atoms with Gasteiger partial charge in [-0.05, 0) is 39.3 Å². The van der Waals surface area contributed by atoms with Crippen molar-refractivity contribution in [1.29, 1.82) is 0 Å². The van der Waals surface area contributed by atoms with Crippen LogP contribution >= 0.6 is 11.6 Å². The monoisotopic (exact) mass is 346 g/mol. The summed E-state index contributed by atoms with van der Waals surface area (Å²) in [5.41, 5.74) is -0.664. The van der Waals surface area contributed by atoms with Crippen LogP contribution in [-0.4, -0.2) is 46.2 Å². The Hall–Kier alpha value is -2.00. The molecule has 0 bridgehead atoms. The van der Waals surface area contributed by atoms with Gasteiger partial charge < -0.3 is 14.8 Å². The first-order valence-electron chi connectivity index (χ1n) is 6.82.